The van der Waals surface area contributed by atoms with Gasteiger partial charge in [-0.1, -0.05) is 48.5 Å². The Morgan fingerprint density at radius 2 is 1.05 bits per heavy atom. The summed E-state index contributed by atoms with van der Waals surface area (Å²) in [4.78, 5) is 22.2. The van der Waals surface area contributed by atoms with Crippen molar-refractivity contribution in [3.8, 4) is 22.6 Å². The summed E-state index contributed by atoms with van der Waals surface area (Å²) < 4.78 is 5.82. The van der Waals surface area contributed by atoms with Gasteiger partial charge in [-0.05, 0) is 12.1 Å². The number of rotatable bonds is 4. The molecule has 0 spiro atoms. The summed E-state index contributed by atoms with van der Waals surface area (Å²) in [5.74, 6) is 1.21. The Kier molecular flexibility index (Phi) is 3.48. The molecule has 0 atom stereocenters. The molecule has 102 valence electrons. The zero-order valence-corrected chi connectivity index (χ0v) is 11.2. The summed E-state index contributed by atoms with van der Waals surface area (Å²) in [6, 6.07) is 18.1. The van der Waals surface area contributed by atoms with E-state index in [9.17, 15) is 9.59 Å². The maximum Gasteiger partial charge on any atom is 0.150 e. The summed E-state index contributed by atoms with van der Waals surface area (Å²) >= 11 is 0. The van der Waals surface area contributed by atoms with Crippen LogP contribution in [-0.2, 0) is 0 Å². The van der Waals surface area contributed by atoms with E-state index in [2.05, 4.69) is 0 Å². The van der Waals surface area contributed by atoms with Crippen LogP contribution >= 0.6 is 0 Å². The van der Waals surface area contributed by atoms with Crippen molar-refractivity contribution >= 4 is 12.6 Å². The van der Waals surface area contributed by atoms with E-state index in [0.29, 0.717) is 22.6 Å². The van der Waals surface area contributed by atoms with Gasteiger partial charge in [0.2, 0.25) is 0 Å². The Morgan fingerprint density at radius 3 is 1.48 bits per heavy atom. The van der Waals surface area contributed by atoms with Crippen molar-refractivity contribution in [2.24, 2.45) is 0 Å². The molecular formula is C18H12O3. The Labute approximate surface area is 121 Å². The highest BCUT2D eigenvalue weighted by molar-refractivity contribution is 5.88. The average molecular weight is 276 g/mol. The molecule has 0 aliphatic carbocycles. The molecule has 3 aromatic rings. The Morgan fingerprint density at radius 1 is 0.619 bits per heavy atom. The number of hydrogen-bond donors (Lipinski definition) is 0. The molecule has 0 radical (unpaired) electrons. The second kappa shape index (κ2) is 5.59. The Bertz CT molecular complexity index is 733. The molecule has 1 aromatic heterocycles. The molecule has 0 unspecified atom stereocenters. The number of aldehydes is 2. The normalized spacial score (nSPS) is 10.3. The number of furan rings is 1. The van der Waals surface area contributed by atoms with Gasteiger partial charge in [0.15, 0.2) is 12.6 Å². The van der Waals surface area contributed by atoms with Crippen LogP contribution in [0.1, 0.15) is 20.7 Å². The molecule has 2 aromatic carbocycles. The lowest BCUT2D eigenvalue weighted by Gasteiger charge is -2.02. The third kappa shape index (κ3) is 2.41. The molecule has 3 heteroatoms. The lowest BCUT2D eigenvalue weighted by molar-refractivity contribution is 0.111. The van der Waals surface area contributed by atoms with Crippen molar-refractivity contribution in [3.63, 3.8) is 0 Å². The molecule has 0 saturated heterocycles. The SMILES string of the molecule is O=Cc1ccccc1-c1ccc(-c2ccccc2C=O)o1. The van der Waals surface area contributed by atoms with Gasteiger partial charge in [0.05, 0.1) is 0 Å². The van der Waals surface area contributed by atoms with E-state index in [1.54, 1.807) is 36.4 Å². The molecule has 0 amide bonds. The number of carbonyl (C=O) groups is 2. The van der Waals surface area contributed by atoms with E-state index in [0.717, 1.165) is 23.7 Å². The molecule has 3 rings (SSSR count). The summed E-state index contributed by atoms with van der Waals surface area (Å²) in [6.07, 6.45) is 1.60. The van der Waals surface area contributed by atoms with E-state index in [1.807, 2.05) is 24.3 Å². The van der Waals surface area contributed by atoms with Gasteiger partial charge >= 0.3 is 0 Å². The molecule has 0 saturated carbocycles. The van der Waals surface area contributed by atoms with Gasteiger partial charge in [-0.25, -0.2) is 0 Å². The predicted octanol–water partition coefficient (Wildman–Crippen LogP) is 4.24. The van der Waals surface area contributed by atoms with Gasteiger partial charge < -0.3 is 4.42 Å². The molecule has 1 heterocycles. The van der Waals surface area contributed by atoms with Crippen LogP contribution in [0.4, 0.5) is 0 Å². The first-order chi connectivity index (χ1) is 10.3. The van der Waals surface area contributed by atoms with Gasteiger partial charge in [-0.15, -0.1) is 0 Å². The summed E-state index contributed by atoms with van der Waals surface area (Å²) in [5.41, 5.74) is 2.62. The lowest BCUT2D eigenvalue weighted by Crippen LogP contribution is -1.85. The summed E-state index contributed by atoms with van der Waals surface area (Å²) in [6.45, 7) is 0. The fourth-order valence-corrected chi connectivity index (χ4v) is 2.28. The van der Waals surface area contributed by atoms with Crippen LogP contribution in [0.5, 0.6) is 0 Å². The highest BCUT2D eigenvalue weighted by atomic mass is 16.3. The van der Waals surface area contributed by atoms with Crippen LogP contribution < -0.4 is 0 Å². The minimum absolute atomic E-state index is 0.571. The van der Waals surface area contributed by atoms with E-state index >= 15 is 0 Å². The maximum atomic E-state index is 11.1. The largest absolute Gasteiger partial charge is 0.456 e. The molecule has 0 fully saturated rings. The third-order valence-electron chi connectivity index (χ3n) is 3.31. The average Bonchev–Trinajstić information content (AvgIpc) is 3.04. The molecular weight excluding hydrogens is 264 g/mol. The van der Waals surface area contributed by atoms with Crippen molar-refractivity contribution in [2.75, 3.05) is 0 Å². The predicted molar refractivity (Wildman–Crippen MR) is 80.4 cm³/mol. The second-order valence-corrected chi connectivity index (χ2v) is 4.57. The topological polar surface area (TPSA) is 47.3 Å². The van der Waals surface area contributed by atoms with Crippen LogP contribution in [0.25, 0.3) is 22.6 Å². The van der Waals surface area contributed by atoms with Crippen molar-refractivity contribution < 1.29 is 14.0 Å². The molecule has 3 nitrogen and oxygen atoms in total. The van der Waals surface area contributed by atoms with Crippen LogP contribution in [0.2, 0.25) is 0 Å². The van der Waals surface area contributed by atoms with Crippen molar-refractivity contribution in [2.45, 2.75) is 0 Å². The van der Waals surface area contributed by atoms with E-state index < -0.39 is 0 Å². The molecule has 0 bridgehead atoms. The molecule has 0 aliphatic rings. The molecule has 21 heavy (non-hydrogen) atoms. The van der Waals surface area contributed by atoms with Gasteiger partial charge in [-0.2, -0.15) is 0 Å². The molecule has 0 aliphatic heterocycles. The standard InChI is InChI=1S/C18H12O3/c19-11-13-5-1-3-7-15(13)17-9-10-18(21-17)16-8-4-2-6-14(16)12-20/h1-12H. The van der Waals surface area contributed by atoms with Gasteiger partial charge in [0.1, 0.15) is 11.5 Å². The first-order valence-corrected chi connectivity index (χ1v) is 6.52. The number of hydrogen-bond acceptors (Lipinski definition) is 3. The monoisotopic (exact) mass is 276 g/mol. The maximum absolute atomic E-state index is 11.1. The van der Waals surface area contributed by atoms with Crippen molar-refractivity contribution in [1.29, 1.82) is 0 Å². The van der Waals surface area contributed by atoms with Crippen molar-refractivity contribution in [3.05, 3.63) is 71.8 Å². The van der Waals surface area contributed by atoms with E-state index in [1.165, 1.54) is 0 Å². The summed E-state index contributed by atoms with van der Waals surface area (Å²) in [5, 5.41) is 0. The van der Waals surface area contributed by atoms with E-state index in [4.69, 9.17) is 4.42 Å². The number of benzene rings is 2. The summed E-state index contributed by atoms with van der Waals surface area (Å²) in [7, 11) is 0. The van der Waals surface area contributed by atoms with Crippen LogP contribution in [0, 0.1) is 0 Å². The van der Waals surface area contributed by atoms with Crippen molar-refractivity contribution in [1.82, 2.24) is 0 Å². The lowest BCUT2D eigenvalue weighted by atomic mass is 10.1. The smallest absolute Gasteiger partial charge is 0.150 e. The van der Waals surface area contributed by atoms with Gasteiger partial charge in [-0.3, -0.25) is 9.59 Å². The first-order valence-electron chi connectivity index (χ1n) is 6.52. The minimum Gasteiger partial charge on any atom is -0.456 e. The molecule has 0 N–H and O–H groups in total. The zero-order valence-electron chi connectivity index (χ0n) is 11.2. The Hall–Kier alpha value is -2.94. The van der Waals surface area contributed by atoms with E-state index in [-0.39, 0.29) is 0 Å². The van der Waals surface area contributed by atoms with Crippen LogP contribution in [0.3, 0.4) is 0 Å². The van der Waals surface area contributed by atoms with Gasteiger partial charge in [0.25, 0.3) is 0 Å². The first kappa shape index (κ1) is 13.1. The fourth-order valence-electron chi connectivity index (χ4n) is 2.28. The minimum atomic E-state index is 0.571. The van der Waals surface area contributed by atoms with Gasteiger partial charge in [0, 0.05) is 22.3 Å². The highest BCUT2D eigenvalue weighted by Crippen LogP contribution is 2.31. The quantitative estimate of drug-likeness (QED) is 0.670. The van der Waals surface area contributed by atoms with Crippen LogP contribution in [-0.4, -0.2) is 12.6 Å². The Balaban J connectivity index is 2.08. The van der Waals surface area contributed by atoms with Crippen LogP contribution in [0.15, 0.2) is 65.1 Å². The zero-order chi connectivity index (χ0) is 14.7. The number of carbonyl (C=O) groups excluding carboxylic acids is 2. The fraction of sp³-hybridized carbons (Fsp3) is 0. The third-order valence-corrected chi connectivity index (χ3v) is 3.31. The highest BCUT2D eigenvalue weighted by Gasteiger charge is 2.12. The second-order valence-electron chi connectivity index (χ2n) is 4.57.